The second-order valence-electron chi connectivity index (χ2n) is 14.1. The van der Waals surface area contributed by atoms with Crippen molar-refractivity contribution < 1.29 is 0 Å². The molecule has 3 aromatic heterocycles. The second kappa shape index (κ2) is 10.9. The summed E-state index contributed by atoms with van der Waals surface area (Å²) >= 11 is 0. The van der Waals surface area contributed by atoms with Crippen LogP contribution in [-0.4, -0.2) is 32.8 Å². The number of pyridine rings is 1. The standard InChI is InChI=1S/C46H34N6/c1-49-28-51(42-17-8-7-16-41(42)49)33-11-9-12-34(27-33)52-43-26-31(45-48-39-14-5-6-15-40(39)50(45)2)19-21-38(43)44-37(22-23-47-46(44)52)30-18-20-36-32(25-30)24-29-10-3-4-13-35(29)36/h3-23,25-27H,24,28H2,1-2H3. The molecule has 6 nitrogen and oxygen atoms in total. The van der Waals surface area contributed by atoms with E-state index in [1.165, 1.54) is 50.1 Å². The van der Waals surface area contributed by atoms with Crippen molar-refractivity contribution in [3.8, 4) is 39.3 Å². The molecule has 6 aromatic carbocycles. The van der Waals surface area contributed by atoms with Gasteiger partial charge in [0.25, 0.3) is 0 Å². The topological polar surface area (TPSA) is 42.1 Å². The van der Waals surface area contributed by atoms with Gasteiger partial charge in [0.2, 0.25) is 0 Å². The Kier molecular flexibility index (Phi) is 6.11. The van der Waals surface area contributed by atoms with Gasteiger partial charge in [-0.1, -0.05) is 84.9 Å². The lowest BCUT2D eigenvalue weighted by molar-refractivity contribution is 0.948. The Morgan fingerprint density at radius 1 is 0.577 bits per heavy atom. The number of anilines is 3. The largest absolute Gasteiger partial charge is 0.355 e. The number of benzene rings is 6. The van der Waals surface area contributed by atoms with Crippen molar-refractivity contribution in [3.63, 3.8) is 0 Å². The summed E-state index contributed by atoms with van der Waals surface area (Å²) in [5, 5.41) is 2.32. The molecule has 1 aliphatic carbocycles. The fourth-order valence-corrected chi connectivity index (χ4v) is 8.69. The summed E-state index contributed by atoms with van der Waals surface area (Å²) in [6.07, 6.45) is 2.93. The third-order valence-corrected chi connectivity index (χ3v) is 11.1. The fraction of sp³-hybridized carbons (Fsp3) is 0.0870. The smallest absolute Gasteiger partial charge is 0.146 e. The molecule has 2 aliphatic rings. The molecule has 0 saturated carbocycles. The molecule has 0 spiro atoms. The molecule has 0 atom stereocenters. The van der Waals surface area contributed by atoms with Crippen LogP contribution in [0.2, 0.25) is 0 Å². The molecule has 0 amide bonds. The zero-order valence-corrected chi connectivity index (χ0v) is 29.0. The molecule has 248 valence electrons. The summed E-state index contributed by atoms with van der Waals surface area (Å²) in [6.45, 7) is 0.789. The van der Waals surface area contributed by atoms with E-state index >= 15 is 0 Å². The molecule has 0 radical (unpaired) electrons. The lowest BCUT2D eigenvalue weighted by atomic mass is 9.97. The monoisotopic (exact) mass is 670 g/mol. The third-order valence-electron chi connectivity index (χ3n) is 11.1. The third kappa shape index (κ3) is 4.18. The van der Waals surface area contributed by atoms with Crippen molar-refractivity contribution in [3.05, 3.63) is 157 Å². The summed E-state index contributed by atoms with van der Waals surface area (Å²) in [5.74, 6) is 0.941. The van der Waals surface area contributed by atoms with Crippen molar-refractivity contribution in [1.82, 2.24) is 19.1 Å². The van der Waals surface area contributed by atoms with Gasteiger partial charge < -0.3 is 14.4 Å². The van der Waals surface area contributed by atoms with Gasteiger partial charge in [0, 0.05) is 48.0 Å². The molecule has 6 heteroatoms. The summed E-state index contributed by atoms with van der Waals surface area (Å²) in [7, 11) is 4.26. The van der Waals surface area contributed by atoms with Crippen LogP contribution in [0.4, 0.5) is 17.1 Å². The lowest BCUT2D eigenvalue weighted by Crippen LogP contribution is -2.24. The van der Waals surface area contributed by atoms with E-state index in [1.807, 2.05) is 6.20 Å². The summed E-state index contributed by atoms with van der Waals surface area (Å²) in [4.78, 5) is 14.9. The van der Waals surface area contributed by atoms with Crippen molar-refractivity contribution in [2.24, 2.45) is 7.05 Å². The highest BCUT2D eigenvalue weighted by Gasteiger charge is 2.26. The van der Waals surface area contributed by atoms with Crippen LogP contribution >= 0.6 is 0 Å². The Labute approximate surface area is 301 Å². The van der Waals surface area contributed by atoms with E-state index in [2.05, 4.69) is 173 Å². The SMILES string of the molecule is CN1CN(c2cccc(-n3c4cc(-c5nc6ccccc6n5C)ccc4c4c(-c5ccc6c(c5)Cc5ccccc5-6)ccnc43)c2)c2ccccc21. The number of fused-ring (bicyclic) bond motifs is 8. The van der Waals surface area contributed by atoms with Crippen molar-refractivity contribution in [2.75, 3.05) is 23.5 Å². The maximum absolute atomic E-state index is 5.14. The average Bonchev–Trinajstić information content (AvgIpc) is 3.93. The average molecular weight is 671 g/mol. The van der Waals surface area contributed by atoms with E-state index in [0.29, 0.717) is 0 Å². The highest BCUT2D eigenvalue weighted by molar-refractivity contribution is 6.15. The van der Waals surface area contributed by atoms with E-state index in [4.69, 9.17) is 9.97 Å². The molecule has 0 N–H and O–H groups in total. The summed E-state index contributed by atoms with van der Waals surface area (Å²) in [5.41, 5.74) is 17.7. The van der Waals surface area contributed by atoms with Crippen LogP contribution in [0.15, 0.2) is 146 Å². The molecule has 9 aromatic rings. The zero-order chi connectivity index (χ0) is 34.5. The quantitative estimate of drug-likeness (QED) is 0.187. The highest BCUT2D eigenvalue weighted by Crippen LogP contribution is 2.44. The molecule has 1 aliphatic heterocycles. The number of para-hydroxylation sites is 4. The number of imidazole rings is 1. The van der Waals surface area contributed by atoms with Gasteiger partial charge in [-0.05, 0) is 94.4 Å². The minimum atomic E-state index is 0.789. The van der Waals surface area contributed by atoms with Gasteiger partial charge in [0.15, 0.2) is 0 Å². The van der Waals surface area contributed by atoms with Crippen LogP contribution in [0.1, 0.15) is 11.1 Å². The number of aromatic nitrogens is 4. The number of hydrogen-bond acceptors (Lipinski definition) is 4. The first-order valence-electron chi connectivity index (χ1n) is 17.9. The molecule has 4 heterocycles. The van der Waals surface area contributed by atoms with Crippen LogP contribution in [0.3, 0.4) is 0 Å². The minimum Gasteiger partial charge on any atom is -0.355 e. The lowest BCUT2D eigenvalue weighted by Gasteiger charge is -2.20. The first-order valence-corrected chi connectivity index (χ1v) is 17.9. The molecule has 11 rings (SSSR count). The van der Waals surface area contributed by atoms with Crippen LogP contribution in [0.5, 0.6) is 0 Å². The Morgan fingerprint density at radius 3 is 2.29 bits per heavy atom. The van der Waals surface area contributed by atoms with E-state index in [-0.39, 0.29) is 0 Å². The van der Waals surface area contributed by atoms with Crippen LogP contribution in [0, 0.1) is 0 Å². The van der Waals surface area contributed by atoms with Crippen molar-refractivity contribution in [1.29, 1.82) is 0 Å². The molecule has 0 bridgehead atoms. The number of nitrogens with zero attached hydrogens (tertiary/aromatic N) is 6. The molecule has 0 unspecified atom stereocenters. The predicted octanol–water partition coefficient (Wildman–Crippen LogP) is 10.5. The maximum Gasteiger partial charge on any atom is 0.146 e. The number of hydrogen-bond donors (Lipinski definition) is 0. The first-order chi connectivity index (χ1) is 25.6. The Balaban J connectivity index is 1.14. The first kappa shape index (κ1) is 29.1. The van der Waals surface area contributed by atoms with Crippen LogP contribution < -0.4 is 9.80 Å². The normalized spacial score (nSPS) is 13.3. The molecule has 0 fully saturated rings. The van der Waals surface area contributed by atoms with Gasteiger partial charge in [0.05, 0.1) is 34.6 Å². The Bertz CT molecular complexity index is 2910. The van der Waals surface area contributed by atoms with Gasteiger partial charge in [0.1, 0.15) is 11.5 Å². The van der Waals surface area contributed by atoms with Crippen LogP contribution in [-0.2, 0) is 13.5 Å². The van der Waals surface area contributed by atoms with Crippen molar-refractivity contribution in [2.45, 2.75) is 6.42 Å². The molecule has 0 saturated heterocycles. The second-order valence-corrected chi connectivity index (χ2v) is 14.1. The van der Waals surface area contributed by atoms with Crippen molar-refractivity contribution >= 4 is 50.0 Å². The highest BCUT2D eigenvalue weighted by atomic mass is 15.4. The van der Waals surface area contributed by atoms with Crippen LogP contribution in [0.25, 0.3) is 72.3 Å². The Hall–Kier alpha value is -6.66. The Morgan fingerprint density at radius 2 is 1.37 bits per heavy atom. The molecule has 52 heavy (non-hydrogen) atoms. The van der Waals surface area contributed by atoms with E-state index in [1.54, 1.807) is 0 Å². The molecular formula is C46H34N6. The van der Waals surface area contributed by atoms with Gasteiger partial charge in [-0.15, -0.1) is 0 Å². The van der Waals surface area contributed by atoms with Gasteiger partial charge in [-0.2, -0.15) is 0 Å². The zero-order valence-electron chi connectivity index (χ0n) is 29.0. The van der Waals surface area contributed by atoms with E-state index in [0.717, 1.165) is 63.4 Å². The number of aryl methyl sites for hydroxylation is 1. The predicted molar refractivity (Wildman–Crippen MR) is 214 cm³/mol. The summed E-state index contributed by atoms with van der Waals surface area (Å²) < 4.78 is 4.54. The maximum atomic E-state index is 5.14. The molecular weight excluding hydrogens is 637 g/mol. The van der Waals surface area contributed by atoms with E-state index in [9.17, 15) is 0 Å². The van der Waals surface area contributed by atoms with Gasteiger partial charge in [-0.25, -0.2) is 9.97 Å². The fourth-order valence-electron chi connectivity index (χ4n) is 8.69. The number of rotatable bonds is 4. The van der Waals surface area contributed by atoms with E-state index < -0.39 is 0 Å². The van der Waals surface area contributed by atoms with Gasteiger partial charge >= 0.3 is 0 Å². The minimum absolute atomic E-state index is 0.789. The van der Waals surface area contributed by atoms with Gasteiger partial charge in [-0.3, -0.25) is 4.57 Å². The summed E-state index contributed by atoms with van der Waals surface area (Å²) in [6, 6.07) is 50.6.